The molecule has 0 amide bonds. The molecule has 0 bridgehead atoms. The largest absolute Gasteiger partial charge is 0.398 e. The van der Waals surface area contributed by atoms with E-state index in [1.54, 1.807) is 36.4 Å². The van der Waals surface area contributed by atoms with Crippen LogP contribution < -0.4 is 5.73 Å². The monoisotopic (exact) mass is 757 g/mol. The van der Waals surface area contributed by atoms with Gasteiger partial charge >= 0.3 is 0 Å². The molecule has 0 aliphatic heterocycles. The van der Waals surface area contributed by atoms with Gasteiger partial charge in [-0.25, -0.2) is 23.1 Å². The smallest absolute Gasteiger partial charge is 0.123 e. The minimum atomic E-state index is -0.342. The summed E-state index contributed by atoms with van der Waals surface area (Å²) in [6.07, 6.45) is 1.97. The third-order valence-electron chi connectivity index (χ3n) is 10.4. The van der Waals surface area contributed by atoms with Gasteiger partial charge in [-0.2, -0.15) is 0 Å². The highest BCUT2D eigenvalue weighted by Crippen LogP contribution is 2.39. The molecule has 0 spiro atoms. The molecule has 9 aromatic rings. The maximum absolute atomic E-state index is 14.2. The van der Waals surface area contributed by atoms with E-state index in [4.69, 9.17) is 15.7 Å². The van der Waals surface area contributed by atoms with Gasteiger partial charge in [0.25, 0.3) is 0 Å². The summed E-state index contributed by atoms with van der Waals surface area (Å²) in [5.41, 5.74) is 19.0. The van der Waals surface area contributed by atoms with Crippen LogP contribution in [0, 0.1) is 17.5 Å². The molecule has 58 heavy (non-hydrogen) atoms. The van der Waals surface area contributed by atoms with E-state index in [9.17, 15) is 13.2 Å². The van der Waals surface area contributed by atoms with Gasteiger partial charge in [0, 0.05) is 33.2 Å². The molecule has 0 aliphatic carbocycles. The average molecular weight is 758 g/mol. The minimum absolute atomic E-state index is 0.314. The average Bonchev–Trinajstić information content (AvgIpc) is 3.26. The van der Waals surface area contributed by atoms with Crippen molar-refractivity contribution in [3.8, 4) is 44.8 Å². The standard InChI is InChI=1S/C52H34F3N3/c1-32(26-45(33-14-20-39(53)21-15-33)42-8-2-5-11-48(42)56)36-27-37(51-30-46(34-16-22-40(54)23-17-34)43-9-3-6-12-49(43)57-51)29-38(28-36)52-31-47(35-18-24-41(55)25-19-35)44-10-4-7-13-50(44)58-52/h2-31H,1,56H2/b45-26-. The third-order valence-corrected chi connectivity index (χ3v) is 10.4. The normalized spacial score (nSPS) is 11.6. The van der Waals surface area contributed by atoms with Crippen LogP contribution in [0.5, 0.6) is 0 Å². The van der Waals surface area contributed by atoms with E-state index in [1.807, 2.05) is 103 Å². The quantitative estimate of drug-likeness (QED) is 0.124. The predicted octanol–water partition coefficient (Wildman–Crippen LogP) is 13.6. The summed E-state index contributed by atoms with van der Waals surface area (Å²) >= 11 is 0. The summed E-state index contributed by atoms with van der Waals surface area (Å²) in [5, 5.41) is 1.87. The second kappa shape index (κ2) is 15.2. The Morgan fingerprint density at radius 3 is 1.41 bits per heavy atom. The van der Waals surface area contributed by atoms with Crippen molar-refractivity contribution < 1.29 is 13.2 Å². The SMILES string of the molecule is C=C(/C=C(/c1ccc(F)cc1)c1ccccc1N)c1cc(-c2cc(-c3ccc(F)cc3)c3ccccc3n2)cc(-c2cc(-c3ccc(F)cc3)c3ccccc3n2)c1. The van der Waals surface area contributed by atoms with Crippen LogP contribution in [0.2, 0.25) is 0 Å². The Hall–Kier alpha value is -7.57. The van der Waals surface area contributed by atoms with Crippen molar-refractivity contribution in [2.24, 2.45) is 0 Å². The lowest BCUT2D eigenvalue weighted by Crippen LogP contribution is -1.97. The van der Waals surface area contributed by atoms with Gasteiger partial charge in [0.05, 0.1) is 22.4 Å². The molecule has 7 aromatic carbocycles. The van der Waals surface area contributed by atoms with E-state index in [-0.39, 0.29) is 17.5 Å². The zero-order valence-corrected chi connectivity index (χ0v) is 31.1. The van der Waals surface area contributed by atoms with Gasteiger partial charge in [-0.15, -0.1) is 0 Å². The van der Waals surface area contributed by atoms with Crippen molar-refractivity contribution in [1.82, 2.24) is 9.97 Å². The molecular formula is C52H34F3N3. The molecule has 2 N–H and O–H groups in total. The van der Waals surface area contributed by atoms with Crippen molar-refractivity contribution in [2.75, 3.05) is 5.73 Å². The molecule has 0 saturated carbocycles. The third kappa shape index (κ3) is 7.15. The van der Waals surface area contributed by atoms with E-state index >= 15 is 0 Å². The summed E-state index contributed by atoms with van der Waals surface area (Å²) in [6.45, 7) is 4.58. The maximum atomic E-state index is 14.2. The number of hydrogen-bond donors (Lipinski definition) is 1. The Labute approximate surface area is 333 Å². The fourth-order valence-electron chi connectivity index (χ4n) is 7.44. The van der Waals surface area contributed by atoms with Crippen LogP contribution in [-0.2, 0) is 0 Å². The van der Waals surface area contributed by atoms with Crippen LogP contribution in [0.15, 0.2) is 189 Å². The molecule has 9 rings (SSSR count). The van der Waals surface area contributed by atoms with Crippen LogP contribution in [-0.4, -0.2) is 9.97 Å². The first kappa shape index (κ1) is 36.1. The van der Waals surface area contributed by atoms with Crippen LogP contribution >= 0.6 is 0 Å². The molecule has 0 fully saturated rings. The van der Waals surface area contributed by atoms with Gasteiger partial charge in [0.2, 0.25) is 0 Å². The number of rotatable bonds is 8. The number of nitrogens with two attached hydrogens (primary N) is 1. The second-order valence-corrected chi connectivity index (χ2v) is 14.1. The van der Waals surface area contributed by atoms with E-state index < -0.39 is 0 Å². The molecule has 0 unspecified atom stereocenters. The number of nitrogens with zero attached hydrogens (tertiary/aromatic N) is 2. The van der Waals surface area contributed by atoms with E-state index in [2.05, 4.69) is 12.6 Å². The Balaban J connectivity index is 1.28. The number of nitrogen functional groups attached to an aromatic ring is 1. The maximum Gasteiger partial charge on any atom is 0.123 e. The summed E-state index contributed by atoms with van der Waals surface area (Å²) in [6, 6.07) is 52.8. The lowest BCUT2D eigenvalue weighted by atomic mass is 9.90. The summed E-state index contributed by atoms with van der Waals surface area (Å²) in [4.78, 5) is 10.3. The summed E-state index contributed by atoms with van der Waals surface area (Å²) in [5.74, 6) is -0.969. The van der Waals surface area contributed by atoms with Crippen LogP contribution in [0.4, 0.5) is 18.9 Å². The van der Waals surface area contributed by atoms with Crippen LogP contribution in [0.25, 0.3) is 77.7 Å². The Kier molecular flexibility index (Phi) is 9.44. The number of anilines is 1. The summed E-state index contributed by atoms with van der Waals surface area (Å²) in [7, 11) is 0. The highest BCUT2D eigenvalue weighted by Gasteiger charge is 2.17. The molecule has 0 atom stereocenters. The fourth-order valence-corrected chi connectivity index (χ4v) is 7.44. The van der Waals surface area contributed by atoms with E-state index in [0.29, 0.717) is 22.6 Å². The number of benzene rings is 7. The fraction of sp³-hybridized carbons (Fsp3) is 0. The van der Waals surface area contributed by atoms with Crippen molar-refractivity contribution in [2.45, 2.75) is 0 Å². The van der Waals surface area contributed by atoms with Crippen molar-refractivity contribution >= 4 is 38.6 Å². The van der Waals surface area contributed by atoms with E-state index in [0.717, 1.165) is 77.5 Å². The first-order valence-electron chi connectivity index (χ1n) is 18.8. The molecule has 6 heteroatoms. The molecule has 0 saturated heterocycles. The van der Waals surface area contributed by atoms with Gasteiger partial charge < -0.3 is 5.73 Å². The van der Waals surface area contributed by atoms with Gasteiger partial charge in [-0.05, 0) is 136 Å². The van der Waals surface area contributed by atoms with Gasteiger partial charge in [-0.1, -0.05) is 97.6 Å². The number of para-hydroxylation sites is 3. The van der Waals surface area contributed by atoms with Crippen LogP contribution in [0.3, 0.4) is 0 Å². The number of fused-ring (bicyclic) bond motifs is 2. The molecule has 0 aliphatic rings. The minimum Gasteiger partial charge on any atom is -0.398 e. The molecule has 0 radical (unpaired) electrons. The lowest BCUT2D eigenvalue weighted by Gasteiger charge is -2.16. The Morgan fingerprint density at radius 2 is 0.914 bits per heavy atom. The van der Waals surface area contributed by atoms with Crippen LogP contribution in [0.1, 0.15) is 16.7 Å². The number of halogens is 3. The predicted molar refractivity (Wildman–Crippen MR) is 232 cm³/mol. The Morgan fingerprint density at radius 1 is 0.466 bits per heavy atom. The molecule has 3 nitrogen and oxygen atoms in total. The number of hydrogen-bond acceptors (Lipinski definition) is 3. The zero-order valence-electron chi connectivity index (χ0n) is 31.1. The van der Waals surface area contributed by atoms with Crippen molar-refractivity contribution in [3.05, 3.63) is 223 Å². The lowest BCUT2D eigenvalue weighted by molar-refractivity contribution is 0.627. The van der Waals surface area contributed by atoms with Crippen molar-refractivity contribution in [3.63, 3.8) is 0 Å². The Bertz CT molecular complexity index is 2900. The first-order chi connectivity index (χ1) is 28.3. The van der Waals surface area contributed by atoms with E-state index in [1.165, 1.54) is 36.4 Å². The molecule has 2 aromatic heterocycles. The zero-order chi connectivity index (χ0) is 39.8. The number of allylic oxidation sites excluding steroid dienone is 2. The van der Waals surface area contributed by atoms with Gasteiger partial charge in [0.15, 0.2) is 0 Å². The molecule has 2 heterocycles. The van der Waals surface area contributed by atoms with Crippen molar-refractivity contribution in [1.29, 1.82) is 0 Å². The van der Waals surface area contributed by atoms with Gasteiger partial charge in [0.1, 0.15) is 17.5 Å². The number of pyridine rings is 2. The summed E-state index contributed by atoms with van der Waals surface area (Å²) < 4.78 is 42.4. The second-order valence-electron chi connectivity index (χ2n) is 14.1. The topological polar surface area (TPSA) is 51.8 Å². The molecule has 278 valence electrons. The highest BCUT2D eigenvalue weighted by atomic mass is 19.1. The van der Waals surface area contributed by atoms with Gasteiger partial charge in [-0.3, -0.25) is 0 Å². The number of aromatic nitrogens is 2. The molecular weight excluding hydrogens is 724 g/mol. The first-order valence-corrected chi connectivity index (χ1v) is 18.8. The highest BCUT2D eigenvalue weighted by molar-refractivity contribution is 6.00.